The Labute approximate surface area is 84.9 Å². The van der Waals surface area contributed by atoms with Gasteiger partial charge in [-0.2, -0.15) is 0 Å². The zero-order valence-electron chi connectivity index (χ0n) is 7.22. The number of hydrogen-bond acceptors (Lipinski definition) is 2. The van der Waals surface area contributed by atoms with E-state index in [9.17, 15) is 4.39 Å². The maximum atomic E-state index is 12.7. The van der Waals surface area contributed by atoms with E-state index in [2.05, 4.69) is 21.2 Å². The Hall–Kier alpha value is -0.610. The first-order valence-electron chi connectivity index (χ1n) is 3.96. The average molecular weight is 248 g/mol. The standard InChI is InChI=1S/C9H11BrFNO/c1-6(13)5-12-9-4-7(11)2-3-8(9)10/h2-4,6,12-13H,5H2,1H3. The summed E-state index contributed by atoms with van der Waals surface area (Å²) in [5.74, 6) is -0.295. The predicted octanol–water partition coefficient (Wildman–Crippen LogP) is 2.38. The van der Waals surface area contributed by atoms with Crippen molar-refractivity contribution in [2.45, 2.75) is 13.0 Å². The van der Waals surface area contributed by atoms with Crippen molar-refractivity contribution in [2.75, 3.05) is 11.9 Å². The van der Waals surface area contributed by atoms with Crippen LogP contribution in [0.1, 0.15) is 6.92 Å². The van der Waals surface area contributed by atoms with Crippen LogP contribution < -0.4 is 5.32 Å². The van der Waals surface area contributed by atoms with Crippen LogP contribution in [0.15, 0.2) is 22.7 Å². The number of halogens is 2. The fraction of sp³-hybridized carbons (Fsp3) is 0.333. The highest BCUT2D eigenvalue weighted by atomic mass is 79.9. The topological polar surface area (TPSA) is 32.3 Å². The lowest BCUT2D eigenvalue weighted by molar-refractivity contribution is 0.208. The van der Waals surface area contributed by atoms with Crippen LogP contribution in [0.2, 0.25) is 0 Å². The largest absolute Gasteiger partial charge is 0.392 e. The molecule has 1 atom stereocenters. The van der Waals surface area contributed by atoms with Crippen molar-refractivity contribution in [2.24, 2.45) is 0 Å². The third kappa shape index (κ3) is 3.32. The average Bonchev–Trinajstić information content (AvgIpc) is 2.06. The molecule has 0 saturated carbocycles. The van der Waals surface area contributed by atoms with E-state index in [0.717, 1.165) is 4.47 Å². The van der Waals surface area contributed by atoms with Crippen molar-refractivity contribution in [1.82, 2.24) is 0 Å². The molecule has 0 aliphatic rings. The van der Waals surface area contributed by atoms with Gasteiger partial charge in [-0.3, -0.25) is 0 Å². The summed E-state index contributed by atoms with van der Waals surface area (Å²) in [6.45, 7) is 2.07. The number of benzene rings is 1. The molecule has 1 aromatic carbocycles. The van der Waals surface area contributed by atoms with E-state index in [-0.39, 0.29) is 5.82 Å². The third-order valence-corrected chi connectivity index (χ3v) is 2.21. The Morgan fingerprint density at radius 1 is 1.62 bits per heavy atom. The number of rotatable bonds is 3. The lowest BCUT2D eigenvalue weighted by Crippen LogP contribution is -2.15. The second kappa shape index (κ2) is 4.58. The second-order valence-electron chi connectivity index (χ2n) is 2.85. The normalized spacial score (nSPS) is 12.6. The monoisotopic (exact) mass is 247 g/mol. The minimum absolute atomic E-state index is 0.295. The van der Waals surface area contributed by atoms with Crippen molar-refractivity contribution < 1.29 is 9.50 Å². The number of hydrogen-bond donors (Lipinski definition) is 2. The molecule has 0 aliphatic carbocycles. The van der Waals surface area contributed by atoms with Gasteiger partial charge in [-0.1, -0.05) is 0 Å². The van der Waals surface area contributed by atoms with Crippen LogP contribution in [0.25, 0.3) is 0 Å². The number of aliphatic hydroxyl groups is 1. The van der Waals surface area contributed by atoms with E-state index in [4.69, 9.17) is 5.11 Å². The highest BCUT2D eigenvalue weighted by Crippen LogP contribution is 2.22. The van der Waals surface area contributed by atoms with Gasteiger partial charge in [0.25, 0.3) is 0 Å². The Kier molecular flexibility index (Phi) is 3.69. The third-order valence-electron chi connectivity index (χ3n) is 1.52. The molecule has 0 aliphatic heterocycles. The minimum Gasteiger partial charge on any atom is -0.392 e. The molecule has 2 nitrogen and oxygen atoms in total. The van der Waals surface area contributed by atoms with E-state index >= 15 is 0 Å². The molecule has 1 rings (SSSR count). The van der Waals surface area contributed by atoms with Crippen LogP contribution in [-0.2, 0) is 0 Å². The fourth-order valence-corrected chi connectivity index (χ4v) is 1.28. The molecule has 72 valence electrons. The molecule has 13 heavy (non-hydrogen) atoms. The summed E-state index contributed by atoms with van der Waals surface area (Å²) in [5, 5.41) is 11.9. The summed E-state index contributed by atoms with van der Waals surface area (Å²) < 4.78 is 13.5. The highest BCUT2D eigenvalue weighted by molar-refractivity contribution is 9.10. The van der Waals surface area contributed by atoms with Gasteiger partial charge in [0, 0.05) is 11.0 Å². The number of aliphatic hydroxyl groups excluding tert-OH is 1. The number of anilines is 1. The van der Waals surface area contributed by atoms with Crippen molar-refractivity contribution in [3.8, 4) is 0 Å². The maximum Gasteiger partial charge on any atom is 0.125 e. The molecule has 2 N–H and O–H groups in total. The van der Waals surface area contributed by atoms with Gasteiger partial charge in [-0.15, -0.1) is 0 Å². The van der Waals surface area contributed by atoms with Crippen molar-refractivity contribution in [3.05, 3.63) is 28.5 Å². The van der Waals surface area contributed by atoms with E-state index in [1.165, 1.54) is 12.1 Å². The molecule has 0 amide bonds. The molecule has 1 aromatic rings. The Morgan fingerprint density at radius 2 is 2.31 bits per heavy atom. The molecule has 0 spiro atoms. The molecule has 0 saturated heterocycles. The summed E-state index contributed by atoms with van der Waals surface area (Å²) in [5.41, 5.74) is 0.654. The zero-order chi connectivity index (χ0) is 9.84. The van der Waals surface area contributed by atoms with Crippen molar-refractivity contribution in [3.63, 3.8) is 0 Å². The first-order valence-corrected chi connectivity index (χ1v) is 4.76. The van der Waals surface area contributed by atoms with Gasteiger partial charge in [-0.05, 0) is 41.1 Å². The summed E-state index contributed by atoms with van der Waals surface area (Å²) in [4.78, 5) is 0. The molecule has 0 aromatic heterocycles. The molecular weight excluding hydrogens is 237 g/mol. The summed E-state index contributed by atoms with van der Waals surface area (Å²) in [6.07, 6.45) is -0.449. The van der Waals surface area contributed by atoms with Crippen LogP contribution in [0.3, 0.4) is 0 Å². The predicted molar refractivity (Wildman–Crippen MR) is 54.3 cm³/mol. The maximum absolute atomic E-state index is 12.7. The first kappa shape index (κ1) is 10.5. The van der Waals surface area contributed by atoms with Crippen molar-refractivity contribution in [1.29, 1.82) is 0 Å². The minimum atomic E-state index is -0.449. The van der Waals surface area contributed by atoms with Crippen molar-refractivity contribution >= 4 is 21.6 Å². The lowest BCUT2D eigenvalue weighted by atomic mass is 10.3. The Morgan fingerprint density at radius 3 is 2.92 bits per heavy atom. The summed E-state index contributed by atoms with van der Waals surface area (Å²) >= 11 is 3.27. The Bertz CT molecular complexity index is 291. The van der Waals surface area contributed by atoms with Crippen LogP contribution in [0.5, 0.6) is 0 Å². The van der Waals surface area contributed by atoms with Gasteiger partial charge in [0.1, 0.15) is 5.82 Å². The molecule has 0 fully saturated rings. The van der Waals surface area contributed by atoms with Gasteiger partial charge >= 0.3 is 0 Å². The number of nitrogens with one attached hydrogen (secondary N) is 1. The lowest BCUT2D eigenvalue weighted by Gasteiger charge is -2.09. The van der Waals surface area contributed by atoms with Gasteiger partial charge in [0.05, 0.1) is 11.8 Å². The van der Waals surface area contributed by atoms with Crippen LogP contribution in [0.4, 0.5) is 10.1 Å². The highest BCUT2D eigenvalue weighted by Gasteiger charge is 2.02. The molecule has 1 unspecified atom stereocenters. The SMILES string of the molecule is CC(O)CNc1cc(F)ccc1Br. The van der Waals surface area contributed by atoms with Gasteiger partial charge in [0.15, 0.2) is 0 Å². The van der Waals surface area contributed by atoms with E-state index < -0.39 is 6.10 Å². The van der Waals surface area contributed by atoms with Crippen LogP contribution >= 0.6 is 15.9 Å². The van der Waals surface area contributed by atoms with Crippen LogP contribution in [-0.4, -0.2) is 17.8 Å². The quantitative estimate of drug-likeness (QED) is 0.860. The smallest absolute Gasteiger partial charge is 0.125 e. The van der Waals surface area contributed by atoms with Crippen LogP contribution in [0, 0.1) is 5.82 Å². The molecule has 0 bridgehead atoms. The second-order valence-corrected chi connectivity index (χ2v) is 3.71. The van der Waals surface area contributed by atoms with E-state index in [1.54, 1.807) is 13.0 Å². The fourth-order valence-electron chi connectivity index (χ4n) is 0.891. The van der Waals surface area contributed by atoms with Gasteiger partial charge in [0.2, 0.25) is 0 Å². The van der Waals surface area contributed by atoms with Gasteiger partial charge in [-0.25, -0.2) is 4.39 Å². The molecule has 4 heteroatoms. The van der Waals surface area contributed by atoms with Gasteiger partial charge < -0.3 is 10.4 Å². The first-order chi connectivity index (χ1) is 6.09. The molecular formula is C9H11BrFNO. The molecule has 0 heterocycles. The Balaban J connectivity index is 2.70. The summed E-state index contributed by atoms with van der Waals surface area (Å²) in [6, 6.07) is 4.38. The zero-order valence-corrected chi connectivity index (χ0v) is 8.81. The van der Waals surface area contributed by atoms with E-state index in [0.29, 0.717) is 12.2 Å². The van der Waals surface area contributed by atoms with E-state index in [1.807, 2.05) is 0 Å². The molecule has 0 radical (unpaired) electrons. The summed E-state index contributed by atoms with van der Waals surface area (Å²) in [7, 11) is 0.